The van der Waals surface area contributed by atoms with Crippen molar-refractivity contribution in [1.82, 2.24) is 0 Å². The summed E-state index contributed by atoms with van der Waals surface area (Å²) in [5.74, 6) is 0. The summed E-state index contributed by atoms with van der Waals surface area (Å²) in [7, 11) is 0. The summed E-state index contributed by atoms with van der Waals surface area (Å²) in [5, 5.41) is 11.1. The second-order valence-electron chi connectivity index (χ2n) is 6.41. The molecule has 1 nitrogen and oxygen atoms in total. The molecule has 2 unspecified atom stereocenters. The van der Waals surface area contributed by atoms with Gasteiger partial charge in [0.1, 0.15) is 0 Å². The summed E-state index contributed by atoms with van der Waals surface area (Å²) in [6.45, 7) is 3.96. The van der Waals surface area contributed by atoms with Crippen molar-refractivity contribution in [2.75, 3.05) is 0 Å². The Kier molecular flexibility index (Phi) is 3.05. The van der Waals surface area contributed by atoms with Crippen LogP contribution in [0.3, 0.4) is 0 Å². The third kappa shape index (κ3) is 1.75. The molecule has 0 amide bonds. The summed E-state index contributed by atoms with van der Waals surface area (Å²) < 4.78 is 0. The van der Waals surface area contributed by atoms with E-state index in [1.807, 2.05) is 12.1 Å². The highest BCUT2D eigenvalue weighted by atomic mass is 16.3. The SMILES string of the molecule is C=CCC1(C2=CCc3ccccc32)Cc2ccccc2C1O. The Morgan fingerprint density at radius 1 is 1.09 bits per heavy atom. The molecule has 22 heavy (non-hydrogen) atoms. The third-order valence-electron chi connectivity index (χ3n) is 5.26. The highest BCUT2D eigenvalue weighted by Crippen LogP contribution is 2.57. The minimum absolute atomic E-state index is 0.266. The molecule has 0 radical (unpaired) electrons. The molecule has 0 fully saturated rings. The van der Waals surface area contributed by atoms with E-state index in [9.17, 15) is 5.11 Å². The Labute approximate surface area is 131 Å². The van der Waals surface area contributed by atoms with E-state index >= 15 is 0 Å². The molecule has 2 atom stereocenters. The van der Waals surface area contributed by atoms with Crippen molar-refractivity contribution in [1.29, 1.82) is 0 Å². The van der Waals surface area contributed by atoms with Crippen LogP contribution in [0.25, 0.3) is 5.57 Å². The standard InChI is InChI=1S/C21H20O/c1-2-13-21(14-16-8-4-6-10-18(16)20(21)22)19-12-11-15-7-3-5-9-17(15)19/h2-10,12,20,22H,1,11,13-14H2. The molecule has 0 saturated carbocycles. The molecule has 1 heteroatoms. The summed E-state index contributed by atoms with van der Waals surface area (Å²) in [5.41, 5.74) is 6.04. The summed E-state index contributed by atoms with van der Waals surface area (Å²) in [6, 6.07) is 16.8. The van der Waals surface area contributed by atoms with Crippen molar-refractivity contribution in [2.24, 2.45) is 5.41 Å². The van der Waals surface area contributed by atoms with Gasteiger partial charge in [-0.05, 0) is 47.1 Å². The molecule has 2 aromatic rings. The van der Waals surface area contributed by atoms with E-state index < -0.39 is 6.10 Å². The second-order valence-corrected chi connectivity index (χ2v) is 6.41. The molecular formula is C21H20O. The number of allylic oxidation sites excluding steroid dienone is 2. The van der Waals surface area contributed by atoms with E-state index in [-0.39, 0.29) is 5.41 Å². The van der Waals surface area contributed by atoms with Gasteiger partial charge >= 0.3 is 0 Å². The highest BCUT2D eigenvalue weighted by Gasteiger charge is 2.48. The van der Waals surface area contributed by atoms with Crippen molar-refractivity contribution in [3.63, 3.8) is 0 Å². The zero-order chi connectivity index (χ0) is 15.2. The zero-order valence-corrected chi connectivity index (χ0v) is 12.6. The Bertz CT molecular complexity index is 771. The van der Waals surface area contributed by atoms with Gasteiger partial charge in [0.25, 0.3) is 0 Å². The van der Waals surface area contributed by atoms with Crippen LogP contribution in [0.4, 0.5) is 0 Å². The van der Waals surface area contributed by atoms with E-state index in [4.69, 9.17) is 0 Å². The average molecular weight is 288 g/mol. The van der Waals surface area contributed by atoms with Gasteiger partial charge in [0, 0.05) is 5.41 Å². The molecule has 0 bridgehead atoms. The molecule has 0 saturated heterocycles. The largest absolute Gasteiger partial charge is 0.387 e. The van der Waals surface area contributed by atoms with Crippen LogP contribution in [0.2, 0.25) is 0 Å². The number of aliphatic hydroxyl groups excluding tert-OH is 1. The number of rotatable bonds is 3. The van der Waals surface area contributed by atoms with Gasteiger partial charge in [-0.3, -0.25) is 0 Å². The van der Waals surface area contributed by atoms with Crippen molar-refractivity contribution in [3.8, 4) is 0 Å². The molecular weight excluding hydrogens is 268 g/mol. The third-order valence-corrected chi connectivity index (χ3v) is 5.26. The van der Waals surface area contributed by atoms with Gasteiger partial charge in [-0.2, -0.15) is 0 Å². The molecule has 0 heterocycles. The molecule has 2 aliphatic carbocycles. The van der Waals surface area contributed by atoms with Crippen LogP contribution in [0.5, 0.6) is 0 Å². The minimum atomic E-state index is -0.459. The van der Waals surface area contributed by atoms with Gasteiger partial charge in [0.05, 0.1) is 6.10 Å². The topological polar surface area (TPSA) is 20.2 Å². The van der Waals surface area contributed by atoms with E-state index in [1.165, 1.54) is 22.3 Å². The molecule has 0 aliphatic heterocycles. The van der Waals surface area contributed by atoms with Crippen molar-refractivity contribution < 1.29 is 5.11 Å². The van der Waals surface area contributed by atoms with Crippen LogP contribution in [-0.4, -0.2) is 5.11 Å². The van der Waals surface area contributed by atoms with Crippen LogP contribution in [0.1, 0.15) is 34.8 Å². The van der Waals surface area contributed by atoms with Gasteiger partial charge in [-0.1, -0.05) is 60.7 Å². The van der Waals surface area contributed by atoms with Gasteiger partial charge in [0.2, 0.25) is 0 Å². The molecule has 110 valence electrons. The molecule has 1 N–H and O–H groups in total. The Balaban J connectivity index is 1.86. The molecule has 2 aliphatic rings. The molecule has 0 aromatic heterocycles. The second kappa shape index (κ2) is 4.96. The fourth-order valence-electron chi connectivity index (χ4n) is 4.24. The first-order chi connectivity index (χ1) is 10.8. The van der Waals surface area contributed by atoms with Gasteiger partial charge in [-0.15, -0.1) is 6.58 Å². The van der Waals surface area contributed by atoms with Crippen LogP contribution < -0.4 is 0 Å². The Morgan fingerprint density at radius 2 is 1.82 bits per heavy atom. The first-order valence-corrected chi connectivity index (χ1v) is 7.92. The maximum atomic E-state index is 11.1. The molecule has 0 spiro atoms. The average Bonchev–Trinajstić information content (AvgIpc) is 3.09. The van der Waals surface area contributed by atoms with E-state index in [2.05, 4.69) is 55.1 Å². The van der Waals surface area contributed by atoms with Gasteiger partial charge in [-0.25, -0.2) is 0 Å². The maximum Gasteiger partial charge on any atom is 0.0895 e. The van der Waals surface area contributed by atoms with Gasteiger partial charge in [0.15, 0.2) is 0 Å². The normalized spacial score (nSPS) is 25.5. The number of benzene rings is 2. The first-order valence-electron chi connectivity index (χ1n) is 7.92. The highest BCUT2D eigenvalue weighted by molar-refractivity contribution is 5.79. The van der Waals surface area contributed by atoms with Crippen molar-refractivity contribution >= 4 is 5.57 Å². The van der Waals surface area contributed by atoms with Gasteiger partial charge < -0.3 is 5.11 Å². The first kappa shape index (κ1) is 13.5. The lowest BCUT2D eigenvalue weighted by molar-refractivity contribution is 0.0829. The van der Waals surface area contributed by atoms with Crippen LogP contribution in [0, 0.1) is 5.41 Å². The zero-order valence-electron chi connectivity index (χ0n) is 12.6. The van der Waals surface area contributed by atoms with E-state index in [0.29, 0.717) is 0 Å². The Hall–Kier alpha value is -2.12. The lowest BCUT2D eigenvalue weighted by atomic mass is 9.71. The molecule has 2 aromatic carbocycles. The predicted molar refractivity (Wildman–Crippen MR) is 90.5 cm³/mol. The minimum Gasteiger partial charge on any atom is -0.387 e. The molecule has 4 rings (SSSR count). The number of aliphatic hydroxyl groups is 1. The number of hydrogen-bond donors (Lipinski definition) is 1. The van der Waals surface area contributed by atoms with Crippen LogP contribution in [-0.2, 0) is 12.8 Å². The summed E-state index contributed by atoms with van der Waals surface area (Å²) >= 11 is 0. The Morgan fingerprint density at radius 3 is 2.59 bits per heavy atom. The lowest BCUT2D eigenvalue weighted by Crippen LogP contribution is -2.27. The van der Waals surface area contributed by atoms with Crippen LogP contribution >= 0.6 is 0 Å². The van der Waals surface area contributed by atoms with Crippen molar-refractivity contribution in [2.45, 2.75) is 25.4 Å². The van der Waals surface area contributed by atoms with Crippen LogP contribution in [0.15, 0.2) is 67.3 Å². The van der Waals surface area contributed by atoms with E-state index in [0.717, 1.165) is 24.8 Å². The predicted octanol–water partition coefficient (Wildman–Crippen LogP) is 4.48. The monoisotopic (exact) mass is 288 g/mol. The lowest BCUT2D eigenvalue weighted by Gasteiger charge is -2.34. The maximum absolute atomic E-state index is 11.1. The smallest absolute Gasteiger partial charge is 0.0895 e. The number of fused-ring (bicyclic) bond motifs is 2. The fraction of sp³-hybridized carbons (Fsp3) is 0.238. The van der Waals surface area contributed by atoms with Crippen molar-refractivity contribution in [3.05, 3.63) is 89.5 Å². The summed E-state index contributed by atoms with van der Waals surface area (Å²) in [6.07, 6.45) is 6.45. The summed E-state index contributed by atoms with van der Waals surface area (Å²) in [4.78, 5) is 0. The quantitative estimate of drug-likeness (QED) is 0.826. The fourth-order valence-corrected chi connectivity index (χ4v) is 4.24. The van der Waals surface area contributed by atoms with E-state index in [1.54, 1.807) is 0 Å². The number of hydrogen-bond acceptors (Lipinski definition) is 1.